The number of phenols is 1. The molecule has 0 aliphatic carbocycles. The van der Waals surface area contributed by atoms with Crippen LogP contribution in [0.15, 0.2) is 24.3 Å². The summed E-state index contributed by atoms with van der Waals surface area (Å²) >= 11 is 1.71. The lowest BCUT2D eigenvalue weighted by Crippen LogP contribution is -2.53. The van der Waals surface area contributed by atoms with Crippen LogP contribution in [0, 0.1) is 0 Å². The van der Waals surface area contributed by atoms with Crippen molar-refractivity contribution >= 4 is 23.4 Å². The Morgan fingerprint density at radius 1 is 1.33 bits per heavy atom. The first kappa shape index (κ1) is 16.0. The van der Waals surface area contributed by atoms with Gasteiger partial charge in [0.15, 0.2) is 0 Å². The van der Waals surface area contributed by atoms with E-state index in [1.165, 1.54) is 0 Å². The first-order valence-corrected chi connectivity index (χ1v) is 8.59. The molecule has 5 nitrogen and oxygen atoms in total. The van der Waals surface area contributed by atoms with E-state index in [0.717, 1.165) is 31.0 Å². The topological polar surface area (TPSA) is 69.8 Å². The molecule has 1 aromatic carbocycles. The lowest BCUT2D eigenvalue weighted by molar-refractivity contribution is -0.132. The number of hydrogen-bond acceptors (Lipinski definition) is 5. The number of nitrogens with two attached hydrogens (primary N) is 1. The van der Waals surface area contributed by atoms with Crippen molar-refractivity contribution in [3.8, 4) is 5.75 Å². The fourth-order valence-corrected chi connectivity index (χ4v) is 2.99. The molecule has 6 heteroatoms. The predicted molar refractivity (Wildman–Crippen MR) is 87.9 cm³/mol. The average molecular weight is 309 g/mol. The zero-order valence-electron chi connectivity index (χ0n) is 12.4. The predicted octanol–water partition coefficient (Wildman–Crippen LogP) is 1.12. The largest absolute Gasteiger partial charge is 0.506 e. The van der Waals surface area contributed by atoms with E-state index in [1.807, 2.05) is 29.4 Å². The van der Waals surface area contributed by atoms with Crippen LogP contribution < -0.4 is 10.6 Å². The quantitative estimate of drug-likeness (QED) is 0.853. The summed E-state index contributed by atoms with van der Waals surface area (Å²) in [6.07, 6.45) is 2.74. The Kier molecular flexibility index (Phi) is 5.76. The molecule has 3 N–H and O–H groups in total. The van der Waals surface area contributed by atoms with E-state index in [9.17, 15) is 9.90 Å². The highest BCUT2D eigenvalue weighted by molar-refractivity contribution is 7.98. The normalized spacial score (nSPS) is 16.9. The van der Waals surface area contributed by atoms with E-state index in [0.29, 0.717) is 13.1 Å². The van der Waals surface area contributed by atoms with Crippen LogP contribution in [0.4, 0.5) is 5.69 Å². The van der Waals surface area contributed by atoms with Gasteiger partial charge in [0.25, 0.3) is 0 Å². The van der Waals surface area contributed by atoms with Gasteiger partial charge in [-0.15, -0.1) is 0 Å². The number of para-hydroxylation sites is 2. The number of carbonyl (C=O) groups excluding carboxylic acids is 1. The van der Waals surface area contributed by atoms with Crippen molar-refractivity contribution in [2.45, 2.75) is 12.5 Å². The molecule has 116 valence electrons. The number of thioether (sulfide) groups is 1. The van der Waals surface area contributed by atoms with E-state index in [4.69, 9.17) is 5.73 Å². The summed E-state index contributed by atoms with van der Waals surface area (Å²) in [5, 5.41) is 9.88. The lowest BCUT2D eigenvalue weighted by Gasteiger charge is -2.37. The second-order valence-corrected chi connectivity index (χ2v) is 6.17. The van der Waals surface area contributed by atoms with Crippen molar-refractivity contribution < 1.29 is 9.90 Å². The SMILES string of the molecule is CSCC[C@@H](N)C(=O)N1CCN(c2ccccc2O)CC1. The molecule has 1 atom stereocenters. The van der Waals surface area contributed by atoms with Crippen LogP contribution in [-0.4, -0.2) is 60.1 Å². The molecule has 0 bridgehead atoms. The summed E-state index contributed by atoms with van der Waals surface area (Å²) in [5.41, 5.74) is 6.78. The van der Waals surface area contributed by atoms with Gasteiger partial charge in [0.1, 0.15) is 5.75 Å². The monoisotopic (exact) mass is 309 g/mol. The minimum Gasteiger partial charge on any atom is -0.506 e. The van der Waals surface area contributed by atoms with Crippen molar-refractivity contribution in [2.24, 2.45) is 5.73 Å². The minimum absolute atomic E-state index is 0.0426. The molecule has 1 fully saturated rings. The first-order chi connectivity index (χ1) is 10.1. The third-order valence-electron chi connectivity index (χ3n) is 3.76. The molecule has 0 unspecified atom stereocenters. The van der Waals surface area contributed by atoms with E-state index in [1.54, 1.807) is 17.8 Å². The van der Waals surface area contributed by atoms with E-state index in [2.05, 4.69) is 4.90 Å². The number of benzene rings is 1. The molecule has 0 spiro atoms. The Morgan fingerprint density at radius 3 is 2.62 bits per heavy atom. The molecule has 0 radical (unpaired) electrons. The van der Waals surface area contributed by atoms with Gasteiger partial charge < -0.3 is 20.6 Å². The number of rotatable bonds is 5. The maximum absolute atomic E-state index is 12.2. The zero-order valence-corrected chi connectivity index (χ0v) is 13.2. The van der Waals surface area contributed by atoms with Crippen molar-refractivity contribution in [3.63, 3.8) is 0 Å². The number of phenolic OH excluding ortho intramolecular Hbond substituents is 1. The highest BCUT2D eigenvalue weighted by Gasteiger charge is 2.25. The lowest BCUT2D eigenvalue weighted by atomic mass is 10.1. The van der Waals surface area contributed by atoms with Crippen molar-refractivity contribution in [1.82, 2.24) is 4.90 Å². The highest BCUT2D eigenvalue weighted by Crippen LogP contribution is 2.27. The summed E-state index contributed by atoms with van der Waals surface area (Å²) < 4.78 is 0. The number of aromatic hydroxyl groups is 1. The Balaban J connectivity index is 1.88. The number of carbonyl (C=O) groups is 1. The van der Waals surface area contributed by atoms with Gasteiger partial charge >= 0.3 is 0 Å². The van der Waals surface area contributed by atoms with E-state index < -0.39 is 6.04 Å². The van der Waals surface area contributed by atoms with Gasteiger partial charge in [0.05, 0.1) is 11.7 Å². The van der Waals surface area contributed by atoms with E-state index in [-0.39, 0.29) is 11.7 Å². The Bertz CT molecular complexity index is 476. The van der Waals surface area contributed by atoms with Crippen LogP contribution in [0.25, 0.3) is 0 Å². The molecule has 2 rings (SSSR count). The van der Waals surface area contributed by atoms with Crippen LogP contribution in [0.3, 0.4) is 0 Å². The van der Waals surface area contributed by atoms with Crippen molar-refractivity contribution in [1.29, 1.82) is 0 Å². The van der Waals surface area contributed by atoms with Crippen LogP contribution in [0.1, 0.15) is 6.42 Å². The highest BCUT2D eigenvalue weighted by atomic mass is 32.2. The molecular formula is C15H23N3O2S. The summed E-state index contributed by atoms with van der Waals surface area (Å²) in [5.74, 6) is 1.24. The number of nitrogens with zero attached hydrogens (tertiary/aromatic N) is 2. The van der Waals surface area contributed by atoms with Crippen molar-refractivity contribution in [3.05, 3.63) is 24.3 Å². The second-order valence-electron chi connectivity index (χ2n) is 5.19. The maximum Gasteiger partial charge on any atom is 0.239 e. The average Bonchev–Trinajstić information content (AvgIpc) is 2.52. The summed E-state index contributed by atoms with van der Waals surface area (Å²) in [4.78, 5) is 16.2. The number of anilines is 1. The first-order valence-electron chi connectivity index (χ1n) is 7.19. The third-order valence-corrected chi connectivity index (χ3v) is 4.41. The Morgan fingerprint density at radius 2 is 2.00 bits per heavy atom. The molecule has 1 heterocycles. The number of piperazine rings is 1. The Hall–Kier alpha value is -1.40. The van der Waals surface area contributed by atoms with Gasteiger partial charge in [-0.3, -0.25) is 4.79 Å². The smallest absolute Gasteiger partial charge is 0.239 e. The van der Waals surface area contributed by atoms with Gasteiger partial charge in [-0.1, -0.05) is 12.1 Å². The number of amides is 1. The molecular weight excluding hydrogens is 286 g/mol. The minimum atomic E-state index is -0.394. The van der Waals surface area contributed by atoms with Crippen molar-refractivity contribution in [2.75, 3.05) is 43.1 Å². The molecule has 1 saturated heterocycles. The van der Waals surface area contributed by atoms with Gasteiger partial charge in [-0.05, 0) is 30.6 Å². The fourth-order valence-electron chi connectivity index (χ4n) is 2.50. The molecule has 1 amide bonds. The van der Waals surface area contributed by atoms with E-state index >= 15 is 0 Å². The van der Waals surface area contributed by atoms with Crippen LogP contribution >= 0.6 is 11.8 Å². The van der Waals surface area contributed by atoms with Crippen LogP contribution in [0.2, 0.25) is 0 Å². The summed E-state index contributed by atoms with van der Waals surface area (Å²) in [7, 11) is 0. The molecule has 1 aliphatic rings. The molecule has 21 heavy (non-hydrogen) atoms. The van der Waals surface area contributed by atoms with Crippen LogP contribution in [0.5, 0.6) is 5.75 Å². The third kappa shape index (κ3) is 4.04. The maximum atomic E-state index is 12.2. The molecule has 0 saturated carbocycles. The van der Waals surface area contributed by atoms with Gasteiger partial charge in [-0.2, -0.15) is 11.8 Å². The Labute approximate surface area is 130 Å². The summed E-state index contributed by atoms with van der Waals surface area (Å²) in [6.45, 7) is 2.75. The molecule has 0 aromatic heterocycles. The summed E-state index contributed by atoms with van der Waals surface area (Å²) in [6, 6.07) is 6.91. The van der Waals surface area contributed by atoms with Gasteiger partial charge in [0.2, 0.25) is 5.91 Å². The van der Waals surface area contributed by atoms with Gasteiger partial charge in [-0.25, -0.2) is 0 Å². The molecule has 1 aliphatic heterocycles. The van der Waals surface area contributed by atoms with Crippen LogP contribution in [-0.2, 0) is 4.79 Å². The number of hydrogen-bond donors (Lipinski definition) is 2. The second kappa shape index (κ2) is 7.56. The molecule has 1 aromatic rings. The zero-order chi connectivity index (χ0) is 15.2. The fraction of sp³-hybridized carbons (Fsp3) is 0.533. The standard InChI is InChI=1S/C15H23N3O2S/c1-21-11-6-12(16)15(20)18-9-7-17(8-10-18)13-4-2-3-5-14(13)19/h2-5,12,19H,6-11,16H2,1H3/t12-/m1/s1. The van der Waals surface area contributed by atoms with Gasteiger partial charge in [0, 0.05) is 26.2 Å².